The fourth-order valence-corrected chi connectivity index (χ4v) is 1.38. The standard InChI is InChI=1S/C7H3F3INO/c8-4-1-3(6(9)10)7(11)12-5(4)2-13/h1-2,6H. The highest BCUT2D eigenvalue weighted by molar-refractivity contribution is 14.1. The quantitative estimate of drug-likeness (QED) is 0.477. The third-order valence-corrected chi connectivity index (χ3v) is 2.19. The summed E-state index contributed by atoms with van der Waals surface area (Å²) in [5.74, 6) is -1.02. The molecule has 13 heavy (non-hydrogen) atoms. The zero-order valence-corrected chi connectivity index (χ0v) is 8.26. The number of aromatic nitrogens is 1. The van der Waals surface area contributed by atoms with Gasteiger partial charge in [0, 0.05) is 0 Å². The normalized spacial score (nSPS) is 10.5. The molecule has 0 unspecified atom stereocenters. The molecule has 70 valence electrons. The van der Waals surface area contributed by atoms with E-state index in [9.17, 15) is 18.0 Å². The van der Waals surface area contributed by atoms with Crippen LogP contribution in [0.25, 0.3) is 0 Å². The minimum Gasteiger partial charge on any atom is -0.296 e. The second kappa shape index (κ2) is 4.03. The van der Waals surface area contributed by atoms with Gasteiger partial charge in [-0.3, -0.25) is 4.79 Å². The minimum absolute atomic E-state index is 0.0592. The summed E-state index contributed by atoms with van der Waals surface area (Å²) in [6, 6.07) is 0.628. The Morgan fingerprint density at radius 1 is 1.54 bits per heavy atom. The zero-order valence-electron chi connectivity index (χ0n) is 6.10. The molecule has 0 radical (unpaired) electrons. The fourth-order valence-electron chi connectivity index (χ4n) is 0.729. The van der Waals surface area contributed by atoms with Crippen LogP contribution in [0.5, 0.6) is 0 Å². The third-order valence-electron chi connectivity index (χ3n) is 1.33. The van der Waals surface area contributed by atoms with Crippen LogP contribution in [0.15, 0.2) is 6.07 Å². The molecule has 1 aromatic rings. The molecule has 6 heteroatoms. The maximum Gasteiger partial charge on any atom is 0.266 e. The van der Waals surface area contributed by atoms with Crippen molar-refractivity contribution >= 4 is 28.9 Å². The summed E-state index contributed by atoms with van der Waals surface area (Å²) in [6.07, 6.45) is -2.60. The highest BCUT2D eigenvalue weighted by Crippen LogP contribution is 2.24. The van der Waals surface area contributed by atoms with Crippen LogP contribution in [0.2, 0.25) is 0 Å². The molecule has 1 heterocycles. The Bertz CT molecular complexity index is 343. The highest BCUT2D eigenvalue weighted by atomic mass is 127. The summed E-state index contributed by atoms with van der Waals surface area (Å²) in [5, 5.41) is 0. The molecule has 0 saturated heterocycles. The van der Waals surface area contributed by atoms with Crippen molar-refractivity contribution in [2.24, 2.45) is 0 Å². The second-order valence-electron chi connectivity index (χ2n) is 2.15. The summed E-state index contributed by atoms with van der Waals surface area (Å²) >= 11 is 1.52. The van der Waals surface area contributed by atoms with E-state index in [1.807, 2.05) is 0 Å². The van der Waals surface area contributed by atoms with Gasteiger partial charge >= 0.3 is 0 Å². The summed E-state index contributed by atoms with van der Waals surface area (Å²) in [4.78, 5) is 13.5. The van der Waals surface area contributed by atoms with Gasteiger partial charge < -0.3 is 0 Å². The monoisotopic (exact) mass is 301 g/mol. The van der Waals surface area contributed by atoms with E-state index in [4.69, 9.17) is 0 Å². The summed E-state index contributed by atoms with van der Waals surface area (Å²) < 4.78 is 37.0. The van der Waals surface area contributed by atoms with Crippen molar-refractivity contribution in [2.75, 3.05) is 0 Å². The topological polar surface area (TPSA) is 30.0 Å². The molecule has 2 nitrogen and oxygen atoms in total. The zero-order chi connectivity index (χ0) is 10.0. The van der Waals surface area contributed by atoms with Crippen LogP contribution in [0, 0.1) is 9.52 Å². The maximum atomic E-state index is 12.8. The minimum atomic E-state index is -2.78. The van der Waals surface area contributed by atoms with Gasteiger partial charge in [0.2, 0.25) is 0 Å². The van der Waals surface area contributed by atoms with Gasteiger partial charge in [-0.1, -0.05) is 0 Å². The Hall–Kier alpha value is -0.660. The lowest BCUT2D eigenvalue weighted by molar-refractivity contribution is 0.111. The van der Waals surface area contributed by atoms with E-state index in [0.29, 0.717) is 6.07 Å². The molecular weight excluding hydrogens is 298 g/mol. The lowest BCUT2D eigenvalue weighted by atomic mass is 10.2. The molecule has 0 aromatic carbocycles. The predicted octanol–water partition coefficient (Wildman–Crippen LogP) is 2.58. The van der Waals surface area contributed by atoms with E-state index in [2.05, 4.69) is 4.98 Å². The van der Waals surface area contributed by atoms with Gasteiger partial charge in [0.25, 0.3) is 6.43 Å². The molecule has 0 saturated carbocycles. The average Bonchev–Trinajstić information content (AvgIpc) is 2.07. The first-order chi connectivity index (χ1) is 6.06. The number of hydrogen-bond donors (Lipinski definition) is 0. The van der Waals surface area contributed by atoms with Crippen molar-refractivity contribution in [3.05, 3.63) is 26.8 Å². The van der Waals surface area contributed by atoms with E-state index in [-0.39, 0.29) is 9.99 Å². The van der Waals surface area contributed by atoms with Gasteiger partial charge in [-0.05, 0) is 28.7 Å². The Morgan fingerprint density at radius 3 is 2.62 bits per heavy atom. The molecule has 0 aliphatic rings. The van der Waals surface area contributed by atoms with Gasteiger partial charge in [-0.25, -0.2) is 18.2 Å². The number of hydrogen-bond acceptors (Lipinski definition) is 2. The van der Waals surface area contributed by atoms with Crippen LogP contribution in [0.4, 0.5) is 13.2 Å². The van der Waals surface area contributed by atoms with Crippen molar-refractivity contribution in [1.82, 2.24) is 4.98 Å². The number of carbonyl (C=O) groups excluding carboxylic acids is 1. The predicted molar refractivity (Wildman–Crippen MR) is 47.3 cm³/mol. The Labute approximate surface area is 85.3 Å². The Kier molecular flexibility index (Phi) is 3.23. The van der Waals surface area contributed by atoms with Crippen LogP contribution in [0.1, 0.15) is 22.5 Å². The maximum absolute atomic E-state index is 12.8. The van der Waals surface area contributed by atoms with Crippen molar-refractivity contribution in [3.63, 3.8) is 0 Å². The van der Waals surface area contributed by atoms with E-state index in [0.717, 1.165) is 0 Å². The Morgan fingerprint density at radius 2 is 2.15 bits per heavy atom. The van der Waals surface area contributed by atoms with Gasteiger partial charge in [0.15, 0.2) is 12.1 Å². The van der Waals surface area contributed by atoms with Crippen LogP contribution in [-0.4, -0.2) is 11.3 Å². The SMILES string of the molecule is O=Cc1nc(I)c(C(F)F)cc1F. The third kappa shape index (κ3) is 2.17. The molecule has 0 aliphatic heterocycles. The molecule has 0 atom stereocenters. The van der Waals surface area contributed by atoms with E-state index < -0.39 is 23.5 Å². The van der Waals surface area contributed by atoms with Crippen molar-refractivity contribution in [1.29, 1.82) is 0 Å². The number of rotatable bonds is 2. The lowest BCUT2D eigenvalue weighted by Gasteiger charge is -2.03. The molecule has 0 amide bonds. The smallest absolute Gasteiger partial charge is 0.266 e. The van der Waals surface area contributed by atoms with Gasteiger partial charge in [-0.2, -0.15) is 0 Å². The summed E-state index contributed by atoms with van der Waals surface area (Å²) in [5.41, 5.74) is -0.947. The van der Waals surface area contributed by atoms with Gasteiger partial charge in [0.05, 0.1) is 5.56 Å². The summed E-state index contributed by atoms with van der Waals surface area (Å²) in [7, 11) is 0. The fraction of sp³-hybridized carbons (Fsp3) is 0.143. The highest BCUT2D eigenvalue weighted by Gasteiger charge is 2.16. The Balaban J connectivity index is 3.28. The van der Waals surface area contributed by atoms with E-state index in [1.54, 1.807) is 0 Å². The molecule has 1 rings (SSSR count). The largest absolute Gasteiger partial charge is 0.296 e. The van der Waals surface area contributed by atoms with Crippen molar-refractivity contribution in [3.8, 4) is 0 Å². The molecule has 0 spiro atoms. The summed E-state index contributed by atoms with van der Waals surface area (Å²) in [6.45, 7) is 0. The molecule has 0 bridgehead atoms. The number of nitrogens with zero attached hydrogens (tertiary/aromatic N) is 1. The van der Waals surface area contributed by atoms with Crippen LogP contribution >= 0.6 is 22.6 Å². The number of carbonyl (C=O) groups is 1. The first-order valence-electron chi connectivity index (χ1n) is 3.15. The first-order valence-corrected chi connectivity index (χ1v) is 4.23. The number of alkyl halides is 2. The first kappa shape index (κ1) is 10.4. The van der Waals surface area contributed by atoms with Crippen LogP contribution in [0.3, 0.4) is 0 Å². The second-order valence-corrected chi connectivity index (χ2v) is 3.18. The van der Waals surface area contributed by atoms with Gasteiger partial charge in [0.1, 0.15) is 9.39 Å². The van der Waals surface area contributed by atoms with Gasteiger partial charge in [-0.15, -0.1) is 0 Å². The van der Waals surface area contributed by atoms with Crippen molar-refractivity contribution in [2.45, 2.75) is 6.43 Å². The molecular formula is C7H3F3INO. The lowest BCUT2D eigenvalue weighted by Crippen LogP contribution is -2.01. The molecule has 0 fully saturated rings. The molecule has 0 N–H and O–H groups in total. The van der Waals surface area contributed by atoms with E-state index in [1.165, 1.54) is 22.6 Å². The average molecular weight is 301 g/mol. The number of aldehydes is 1. The number of pyridine rings is 1. The number of halogens is 4. The molecule has 0 aliphatic carbocycles. The van der Waals surface area contributed by atoms with E-state index >= 15 is 0 Å². The van der Waals surface area contributed by atoms with Crippen LogP contribution in [-0.2, 0) is 0 Å². The molecule has 1 aromatic heterocycles. The van der Waals surface area contributed by atoms with Crippen molar-refractivity contribution < 1.29 is 18.0 Å². The van der Waals surface area contributed by atoms with Crippen LogP contribution < -0.4 is 0 Å².